The van der Waals surface area contributed by atoms with E-state index in [2.05, 4.69) is 10.5 Å². The van der Waals surface area contributed by atoms with Crippen LogP contribution in [0.4, 0.5) is 0 Å². The van der Waals surface area contributed by atoms with E-state index in [0.717, 1.165) is 0 Å². The summed E-state index contributed by atoms with van der Waals surface area (Å²) in [5, 5.41) is 0. The molecule has 20 heavy (non-hydrogen) atoms. The molecule has 0 aliphatic heterocycles. The van der Waals surface area contributed by atoms with E-state index in [0.29, 0.717) is 0 Å². The summed E-state index contributed by atoms with van der Waals surface area (Å²) in [5.41, 5.74) is 0. The van der Waals surface area contributed by atoms with Crippen LogP contribution in [0.5, 0.6) is 0 Å². The van der Waals surface area contributed by atoms with Crippen molar-refractivity contribution in [2.24, 2.45) is 0 Å². The van der Waals surface area contributed by atoms with E-state index < -0.39 is 0 Å². The van der Waals surface area contributed by atoms with Crippen LogP contribution in [-0.4, -0.2) is 29.1 Å². The second kappa shape index (κ2) is 19.7. The maximum absolute atomic E-state index is 3.27. The second-order valence-electron chi connectivity index (χ2n) is 6.21. The van der Waals surface area contributed by atoms with Crippen molar-refractivity contribution < 1.29 is 0 Å². The number of unbranched alkanes of at least 4 members (excludes halogenated alkanes) is 15. The number of rotatable bonds is 17. The summed E-state index contributed by atoms with van der Waals surface area (Å²) in [4.78, 5) is 0. The van der Waals surface area contributed by atoms with Crippen LogP contribution in [0.2, 0.25) is 0 Å². The summed E-state index contributed by atoms with van der Waals surface area (Å²) in [6, 6.07) is 0. The third-order valence-electron chi connectivity index (χ3n) is 4.14. The zero-order chi connectivity index (χ0) is 14.7. The molecular weight excluding hydrogens is 358 g/mol. The summed E-state index contributed by atoms with van der Waals surface area (Å²) in [6.45, 7) is 3.51. The fourth-order valence-corrected chi connectivity index (χ4v) is 3.20. The Hall–Kier alpha value is 0.750. The summed E-state index contributed by atoms with van der Waals surface area (Å²) in [6.07, 6.45) is 23.3. The SMILES string of the molecule is CCCCCCCCCCCCCCCCCCN[TeH]. The zero-order valence-electron chi connectivity index (χ0n) is 14.0. The van der Waals surface area contributed by atoms with Crippen LogP contribution in [0.3, 0.4) is 0 Å². The fraction of sp³-hybridized carbons (Fsp3) is 1.00. The van der Waals surface area contributed by atoms with Gasteiger partial charge in [-0.1, -0.05) is 45.4 Å². The van der Waals surface area contributed by atoms with Crippen molar-refractivity contribution >= 4 is 22.6 Å². The molecule has 0 heterocycles. The quantitative estimate of drug-likeness (QED) is 0.247. The van der Waals surface area contributed by atoms with Gasteiger partial charge >= 0.3 is 96.9 Å². The first kappa shape index (κ1) is 20.7. The molecule has 0 aromatic rings. The summed E-state index contributed by atoms with van der Waals surface area (Å²) in [5.74, 6) is 0. The molecule has 0 aromatic heterocycles. The molecule has 1 N–H and O–H groups in total. The van der Waals surface area contributed by atoms with Crippen LogP contribution in [0.1, 0.15) is 110 Å². The molecule has 0 amide bonds. The molecule has 0 spiro atoms. The van der Waals surface area contributed by atoms with E-state index in [4.69, 9.17) is 0 Å². The molecule has 0 aliphatic rings. The minimum atomic E-state index is 1.22. The Balaban J connectivity index is 2.89. The average molecular weight is 397 g/mol. The number of hydrogen-bond donors (Lipinski definition) is 1. The number of nitrogens with one attached hydrogen (secondary N) is 1. The monoisotopic (exact) mass is 399 g/mol. The first-order valence-corrected chi connectivity index (χ1v) is 10.6. The van der Waals surface area contributed by atoms with Gasteiger partial charge in [-0.25, -0.2) is 0 Å². The Kier molecular flexibility index (Phi) is 20.5. The Labute approximate surface area is 142 Å². The molecule has 0 fully saturated rings. The molecule has 0 rings (SSSR count). The van der Waals surface area contributed by atoms with Crippen LogP contribution < -0.4 is 3.57 Å². The van der Waals surface area contributed by atoms with Crippen molar-refractivity contribution in [2.45, 2.75) is 110 Å². The summed E-state index contributed by atoms with van der Waals surface area (Å²) < 4.78 is 3.27. The Morgan fingerprint density at radius 3 is 1.10 bits per heavy atom. The molecule has 0 bridgehead atoms. The molecule has 122 valence electrons. The van der Waals surface area contributed by atoms with Gasteiger partial charge in [0.25, 0.3) is 0 Å². The van der Waals surface area contributed by atoms with Gasteiger partial charge in [0.1, 0.15) is 0 Å². The fourth-order valence-electron chi connectivity index (χ4n) is 2.75. The van der Waals surface area contributed by atoms with E-state index >= 15 is 0 Å². The van der Waals surface area contributed by atoms with Crippen LogP contribution in [-0.2, 0) is 0 Å². The van der Waals surface area contributed by atoms with E-state index in [-0.39, 0.29) is 0 Å². The van der Waals surface area contributed by atoms with E-state index in [9.17, 15) is 0 Å². The first-order chi connectivity index (χ1) is 9.91. The standard InChI is InChI=1S/C18H39NTe/c1-2-3-4-5-6-7-8-9-10-11-12-13-14-15-16-17-18-19-20/h19-20H,2-18H2,1H3. The van der Waals surface area contributed by atoms with Gasteiger partial charge in [0.15, 0.2) is 0 Å². The van der Waals surface area contributed by atoms with Gasteiger partial charge in [-0.3, -0.25) is 0 Å². The Morgan fingerprint density at radius 2 is 0.800 bits per heavy atom. The van der Waals surface area contributed by atoms with Gasteiger partial charge in [-0.2, -0.15) is 0 Å². The molecule has 0 unspecified atom stereocenters. The van der Waals surface area contributed by atoms with Crippen molar-refractivity contribution in [1.29, 1.82) is 0 Å². The molecule has 0 atom stereocenters. The van der Waals surface area contributed by atoms with Crippen LogP contribution in [0.15, 0.2) is 0 Å². The topological polar surface area (TPSA) is 12.0 Å². The zero-order valence-corrected chi connectivity index (χ0v) is 16.5. The third-order valence-corrected chi connectivity index (χ3v) is 4.78. The molecule has 2 heteroatoms. The predicted octanol–water partition coefficient (Wildman–Crippen LogP) is 5.65. The van der Waals surface area contributed by atoms with Gasteiger partial charge in [-0.05, 0) is 0 Å². The third kappa shape index (κ3) is 18.7. The van der Waals surface area contributed by atoms with Gasteiger partial charge in [0.05, 0.1) is 0 Å². The van der Waals surface area contributed by atoms with Crippen molar-refractivity contribution in [3.8, 4) is 0 Å². The predicted molar refractivity (Wildman–Crippen MR) is 94.7 cm³/mol. The molecule has 0 aromatic carbocycles. The molecule has 0 radical (unpaired) electrons. The van der Waals surface area contributed by atoms with Crippen molar-refractivity contribution in [1.82, 2.24) is 3.57 Å². The van der Waals surface area contributed by atoms with E-state index in [1.165, 1.54) is 109 Å². The van der Waals surface area contributed by atoms with Gasteiger partial charge < -0.3 is 0 Å². The molecule has 0 saturated heterocycles. The van der Waals surface area contributed by atoms with Crippen LogP contribution >= 0.6 is 0 Å². The van der Waals surface area contributed by atoms with Gasteiger partial charge in [-0.15, -0.1) is 0 Å². The summed E-state index contributed by atoms with van der Waals surface area (Å²) >= 11 is 1.73. The molecule has 0 aliphatic carbocycles. The van der Waals surface area contributed by atoms with Crippen molar-refractivity contribution in [2.75, 3.05) is 6.54 Å². The molecule has 1 nitrogen and oxygen atoms in total. The van der Waals surface area contributed by atoms with Gasteiger partial charge in [0.2, 0.25) is 0 Å². The minimum absolute atomic E-state index is 1.22. The number of hydrogen-bond acceptors (Lipinski definition) is 1. The van der Waals surface area contributed by atoms with Crippen molar-refractivity contribution in [3.63, 3.8) is 0 Å². The van der Waals surface area contributed by atoms with E-state index in [1.807, 2.05) is 0 Å². The van der Waals surface area contributed by atoms with Gasteiger partial charge in [0, 0.05) is 0 Å². The normalized spacial score (nSPS) is 11.1. The first-order valence-electron chi connectivity index (χ1n) is 9.28. The average Bonchev–Trinajstić information content (AvgIpc) is 2.47. The van der Waals surface area contributed by atoms with Crippen LogP contribution in [0, 0.1) is 0 Å². The Morgan fingerprint density at radius 1 is 0.500 bits per heavy atom. The Bertz CT molecular complexity index is 143. The van der Waals surface area contributed by atoms with Crippen molar-refractivity contribution in [3.05, 3.63) is 0 Å². The molecule has 0 saturated carbocycles. The summed E-state index contributed by atoms with van der Waals surface area (Å²) in [7, 11) is 0. The maximum atomic E-state index is 3.27. The van der Waals surface area contributed by atoms with Crippen LogP contribution in [0.25, 0.3) is 0 Å². The molecular formula is C18H39NTe. The van der Waals surface area contributed by atoms with E-state index in [1.54, 1.807) is 22.6 Å². The second-order valence-corrected chi connectivity index (χ2v) is 7.11.